The highest BCUT2D eigenvalue weighted by Crippen LogP contribution is 2.19. The zero-order valence-electron chi connectivity index (χ0n) is 15.7. The van der Waals surface area contributed by atoms with Gasteiger partial charge in [0.25, 0.3) is 5.91 Å². The van der Waals surface area contributed by atoms with Gasteiger partial charge >= 0.3 is 0 Å². The maximum Gasteiger partial charge on any atom is 0.271 e. The molecule has 1 amide bonds. The number of anilines is 1. The Morgan fingerprint density at radius 3 is 2.64 bits per heavy atom. The number of rotatable bonds is 5. The second-order valence-electron chi connectivity index (χ2n) is 6.61. The summed E-state index contributed by atoms with van der Waals surface area (Å²) in [5, 5.41) is 2.98. The van der Waals surface area contributed by atoms with Crippen molar-refractivity contribution in [2.45, 2.75) is 13.0 Å². The van der Waals surface area contributed by atoms with Gasteiger partial charge in [0.1, 0.15) is 30.0 Å². The first-order valence-electron chi connectivity index (χ1n) is 9.25. The molecule has 144 valence electrons. The summed E-state index contributed by atoms with van der Waals surface area (Å²) in [5.41, 5.74) is 1.41. The highest BCUT2D eigenvalue weighted by molar-refractivity contribution is 7.99. The summed E-state index contributed by atoms with van der Waals surface area (Å²) in [4.78, 5) is 27.8. The van der Waals surface area contributed by atoms with Gasteiger partial charge in [-0.15, -0.1) is 0 Å². The van der Waals surface area contributed by atoms with Crippen molar-refractivity contribution in [1.82, 2.24) is 24.8 Å². The first kappa shape index (κ1) is 18.5. The summed E-state index contributed by atoms with van der Waals surface area (Å²) in [6.07, 6.45) is 4.87. The average Bonchev–Trinajstić information content (AvgIpc) is 3.26. The molecule has 1 saturated heterocycles. The van der Waals surface area contributed by atoms with Crippen molar-refractivity contribution in [1.29, 1.82) is 0 Å². The first-order chi connectivity index (χ1) is 13.7. The molecule has 3 aromatic rings. The van der Waals surface area contributed by atoms with Gasteiger partial charge in [0.05, 0.1) is 6.04 Å². The van der Waals surface area contributed by atoms with E-state index in [0.29, 0.717) is 11.5 Å². The highest BCUT2D eigenvalue weighted by Gasteiger charge is 2.16. The topological polar surface area (TPSA) is 75.9 Å². The average molecular weight is 395 g/mol. The quantitative estimate of drug-likeness (QED) is 0.717. The minimum atomic E-state index is -0.211. The maximum atomic E-state index is 12.6. The van der Waals surface area contributed by atoms with E-state index in [1.54, 1.807) is 23.4 Å². The Kier molecular flexibility index (Phi) is 5.57. The van der Waals surface area contributed by atoms with Crippen LogP contribution in [0.1, 0.15) is 29.0 Å². The van der Waals surface area contributed by atoms with Crippen molar-refractivity contribution >= 4 is 23.5 Å². The molecule has 0 radical (unpaired) electrons. The number of imidazole rings is 1. The van der Waals surface area contributed by atoms with E-state index in [0.717, 1.165) is 36.0 Å². The fraction of sp³-hybridized carbons (Fsp3) is 0.300. The first-order valence-corrected chi connectivity index (χ1v) is 10.4. The molecule has 1 aromatic carbocycles. The van der Waals surface area contributed by atoms with Crippen LogP contribution in [-0.4, -0.2) is 50.0 Å². The van der Waals surface area contributed by atoms with Crippen molar-refractivity contribution in [3.05, 3.63) is 66.5 Å². The molecule has 7 nitrogen and oxygen atoms in total. The Labute approximate surface area is 168 Å². The number of benzene rings is 1. The lowest BCUT2D eigenvalue weighted by atomic mass is 10.1. The highest BCUT2D eigenvalue weighted by atomic mass is 32.2. The number of amides is 1. The molecule has 28 heavy (non-hydrogen) atoms. The number of thioether (sulfide) groups is 1. The third-order valence-electron chi connectivity index (χ3n) is 4.70. The van der Waals surface area contributed by atoms with Gasteiger partial charge < -0.3 is 10.2 Å². The summed E-state index contributed by atoms with van der Waals surface area (Å²) < 4.78 is 1.76. The summed E-state index contributed by atoms with van der Waals surface area (Å²) in [6, 6.07) is 11.7. The molecule has 1 aliphatic heterocycles. The Bertz CT molecular complexity index is 939. The van der Waals surface area contributed by atoms with E-state index in [-0.39, 0.29) is 11.9 Å². The minimum Gasteiger partial charge on any atom is -0.355 e. The molecule has 1 atom stereocenters. The molecule has 1 aliphatic rings. The monoisotopic (exact) mass is 394 g/mol. The van der Waals surface area contributed by atoms with Crippen LogP contribution in [0.25, 0.3) is 5.82 Å². The van der Waals surface area contributed by atoms with E-state index in [4.69, 9.17) is 0 Å². The Balaban J connectivity index is 1.47. The van der Waals surface area contributed by atoms with E-state index >= 15 is 0 Å². The second-order valence-corrected chi connectivity index (χ2v) is 7.83. The maximum absolute atomic E-state index is 12.6. The largest absolute Gasteiger partial charge is 0.355 e. The summed E-state index contributed by atoms with van der Waals surface area (Å²) >= 11 is 1.96. The minimum absolute atomic E-state index is 0.0959. The third-order valence-corrected chi connectivity index (χ3v) is 5.64. The number of hydrogen-bond donors (Lipinski definition) is 1. The molecule has 4 rings (SSSR count). The predicted octanol–water partition coefficient (Wildman–Crippen LogP) is 2.71. The molecule has 3 heterocycles. The molecule has 1 unspecified atom stereocenters. The van der Waals surface area contributed by atoms with Crippen molar-refractivity contribution < 1.29 is 4.79 Å². The molecule has 0 aliphatic carbocycles. The van der Waals surface area contributed by atoms with Gasteiger partial charge in [0.15, 0.2) is 0 Å². The van der Waals surface area contributed by atoms with Crippen LogP contribution in [0.2, 0.25) is 0 Å². The molecule has 0 spiro atoms. The van der Waals surface area contributed by atoms with E-state index in [9.17, 15) is 4.79 Å². The van der Waals surface area contributed by atoms with Crippen LogP contribution in [-0.2, 0) is 0 Å². The van der Waals surface area contributed by atoms with Gasteiger partial charge in [0, 0.05) is 36.9 Å². The molecule has 2 aromatic heterocycles. The summed E-state index contributed by atoms with van der Waals surface area (Å²) in [7, 11) is 0. The lowest BCUT2D eigenvalue weighted by Gasteiger charge is -2.27. The Hall–Kier alpha value is -2.87. The number of carbonyl (C=O) groups excluding carboxylic acids is 1. The van der Waals surface area contributed by atoms with E-state index < -0.39 is 0 Å². The molecular formula is C20H22N6OS. The van der Waals surface area contributed by atoms with Gasteiger partial charge in [-0.3, -0.25) is 9.36 Å². The van der Waals surface area contributed by atoms with Crippen LogP contribution in [0.3, 0.4) is 0 Å². The molecule has 8 heteroatoms. The van der Waals surface area contributed by atoms with Gasteiger partial charge in [-0.1, -0.05) is 30.3 Å². The van der Waals surface area contributed by atoms with Gasteiger partial charge in [-0.25, -0.2) is 15.0 Å². The van der Waals surface area contributed by atoms with E-state index in [1.807, 2.05) is 55.1 Å². The van der Waals surface area contributed by atoms with Crippen molar-refractivity contribution in [2.75, 3.05) is 29.5 Å². The molecule has 1 N–H and O–H groups in total. The molecule has 1 fully saturated rings. The van der Waals surface area contributed by atoms with Crippen LogP contribution >= 0.6 is 11.8 Å². The normalized spacial score (nSPS) is 15.2. The molecule has 0 bridgehead atoms. The van der Waals surface area contributed by atoms with Crippen LogP contribution < -0.4 is 10.2 Å². The zero-order valence-corrected chi connectivity index (χ0v) is 16.5. The number of aromatic nitrogens is 4. The summed E-state index contributed by atoms with van der Waals surface area (Å²) in [5.74, 6) is 3.61. The van der Waals surface area contributed by atoms with Crippen LogP contribution in [0.5, 0.6) is 0 Å². The van der Waals surface area contributed by atoms with Crippen LogP contribution in [0, 0.1) is 0 Å². The lowest BCUT2D eigenvalue weighted by Crippen LogP contribution is -2.33. The number of carbonyl (C=O) groups is 1. The number of hydrogen-bond acceptors (Lipinski definition) is 6. The molecular weight excluding hydrogens is 372 g/mol. The summed E-state index contributed by atoms with van der Waals surface area (Å²) in [6.45, 7) is 3.92. The SMILES string of the molecule is CC(NC(=O)c1cn(-c2cc(N3CCSCC3)ncn2)cn1)c1ccccc1. The van der Waals surface area contributed by atoms with Crippen LogP contribution in [0.15, 0.2) is 55.2 Å². The predicted molar refractivity (Wildman–Crippen MR) is 111 cm³/mol. The second kappa shape index (κ2) is 8.43. The van der Waals surface area contributed by atoms with Crippen molar-refractivity contribution in [2.24, 2.45) is 0 Å². The number of nitrogens with one attached hydrogen (secondary N) is 1. The van der Waals surface area contributed by atoms with Gasteiger partial charge in [-0.05, 0) is 12.5 Å². The van der Waals surface area contributed by atoms with Gasteiger partial charge in [-0.2, -0.15) is 11.8 Å². The number of nitrogens with zero attached hydrogens (tertiary/aromatic N) is 5. The third kappa shape index (κ3) is 4.17. The Morgan fingerprint density at radius 1 is 1.11 bits per heavy atom. The Morgan fingerprint density at radius 2 is 1.86 bits per heavy atom. The standard InChI is InChI=1S/C20H22N6OS/c1-15(16-5-3-2-4-6-16)24-20(27)17-12-26(14-23-17)19-11-18(21-13-22-19)25-7-9-28-10-8-25/h2-6,11-15H,7-10H2,1H3,(H,24,27). The van der Waals surface area contributed by atoms with E-state index in [2.05, 4.69) is 25.2 Å². The van der Waals surface area contributed by atoms with Gasteiger partial charge in [0.2, 0.25) is 0 Å². The van der Waals surface area contributed by atoms with E-state index in [1.165, 1.54) is 0 Å². The van der Waals surface area contributed by atoms with Crippen LogP contribution in [0.4, 0.5) is 5.82 Å². The van der Waals surface area contributed by atoms with Crippen molar-refractivity contribution in [3.8, 4) is 5.82 Å². The fourth-order valence-electron chi connectivity index (χ4n) is 3.10. The zero-order chi connectivity index (χ0) is 19.3. The lowest BCUT2D eigenvalue weighted by molar-refractivity contribution is 0.0935. The smallest absolute Gasteiger partial charge is 0.271 e. The van der Waals surface area contributed by atoms with Crippen molar-refractivity contribution in [3.63, 3.8) is 0 Å². The molecule has 0 saturated carbocycles. The fourth-order valence-corrected chi connectivity index (χ4v) is 4.01.